The first-order chi connectivity index (χ1) is 11.1. The molecule has 0 radical (unpaired) electrons. The maximum absolute atomic E-state index is 12.2. The molecule has 0 aliphatic heterocycles. The van der Waals surface area contributed by atoms with E-state index in [2.05, 4.69) is 5.32 Å². The Bertz CT molecular complexity index is 686. The van der Waals surface area contributed by atoms with Crippen LogP contribution >= 0.6 is 23.4 Å². The van der Waals surface area contributed by atoms with Crippen LogP contribution in [-0.2, 0) is 11.2 Å². The lowest BCUT2D eigenvalue weighted by Crippen LogP contribution is -2.22. The molecular formula is C18H18ClNO2S. The Labute approximate surface area is 145 Å². The van der Waals surface area contributed by atoms with Gasteiger partial charge in [-0.2, -0.15) is 0 Å². The van der Waals surface area contributed by atoms with Crippen molar-refractivity contribution in [2.24, 2.45) is 0 Å². The van der Waals surface area contributed by atoms with E-state index >= 15 is 0 Å². The molecule has 3 nitrogen and oxygen atoms in total. The zero-order valence-electron chi connectivity index (χ0n) is 12.8. The van der Waals surface area contributed by atoms with Crippen LogP contribution in [0, 0.1) is 0 Å². The number of amides is 1. The van der Waals surface area contributed by atoms with Gasteiger partial charge in [0, 0.05) is 23.9 Å². The van der Waals surface area contributed by atoms with Gasteiger partial charge in [-0.3, -0.25) is 9.59 Å². The molecule has 0 fully saturated rings. The van der Waals surface area contributed by atoms with Crippen LogP contribution in [0.3, 0.4) is 0 Å². The number of benzene rings is 2. The predicted octanol–water partition coefficient (Wildman–Crippen LogP) is 3.99. The van der Waals surface area contributed by atoms with E-state index in [0.717, 1.165) is 16.9 Å². The van der Waals surface area contributed by atoms with Crippen molar-refractivity contribution in [3.05, 3.63) is 64.7 Å². The summed E-state index contributed by atoms with van der Waals surface area (Å²) >= 11 is 7.53. The third-order valence-electron chi connectivity index (χ3n) is 3.26. The number of nitrogens with one attached hydrogen (secondary N) is 1. The summed E-state index contributed by atoms with van der Waals surface area (Å²) in [5.41, 5.74) is 1.78. The highest BCUT2D eigenvalue weighted by Gasteiger charge is 2.08. The molecule has 0 saturated heterocycles. The summed E-state index contributed by atoms with van der Waals surface area (Å²) in [6.45, 7) is 2.10. The quantitative estimate of drug-likeness (QED) is 0.608. The van der Waals surface area contributed by atoms with Gasteiger partial charge in [-0.05, 0) is 24.1 Å². The molecule has 5 heteroatoms. The Morgan fingerprint density at radius 2 is 1.78 bits per heavy atom. The summed E-state index contributed by atoms with van der Waals surface area (Å²) in [6.07, 6.45) is 0.752. The van der Waals surface area contributed by atoms with E-state index in [1.54, 1.807) is 0 Å². The van der Waals surface area contributed by atoms with Crippen LogP contribution in [0.25, 0.3) is 0 Å². The molecule has 0 saturated carbocycles. The zero-order valence-corrected chi connectivity index (χ0v) is 14.4. The van der Waals surface area contributed by atoms with Gasteiger partial charge in [0.1, 0.15) is 0 Å². The van der Waals surface area contributed by atoms with E-state index in [1.165, 1.54) is 18.7 Å². The Balaban J connectivity index is 1.87. The summed E-state index contributed by atoms with van der Waals surface area (Å²) in [5.74, 6) is 0.395. The molecule has 23 heavy (non-hydrogen) atoms. The molecule has 120 valence electrons. The zero-order chi connectivity index (χ0) is 16.7. The molecule has 0 bridgehead atoms. The van der Waals surface area contributed by atoms with Gasteiger partial charge < -0.3 is 5.32 Å². The molecule has 0 unspecified atom stereocenters. The summed E-state index contributed by atoms with van der Waals surface area (Å²) < 4.78 is 0. The number of rotatable bonds is 7. The summed E-state index contributed by atoms with van der Waals surface area (Å²) in [6, 6.07) is 15.0. The minimum absolute atomic E-state index is 0.0339. The van der Waals surface area contributed by atoms with Crippen molar-refractivity contribution in [1.82, 2.24) is 5.32 Å². The highest BCUT2D eigenvalue weighted by atomic mass is 35.5. The maximum Gasteiger partial charge on any atom is 0.216 e. The van der Waals surface area contributed by atoms with E-state index in [9.17, 15) is 9.59 Å². The lowest BCUT2D eigenvalue weighted by atomic mass is 10.1. The lowest BCUT2D eigenvalue weighted by Gasteiger charge is -2.06. The van der Waals surface area contributed by atoms with Crippen LogP contribution in [-0.4, -0.2) is 24.0 Å². The first-order valence-electron chi connectivity index (χ1n) is 7.30. The van der Waals surface area contributed by atoms with Gasteiger partial charge in [0.05, 0.1) is 10.8 Å². The first-order valence-corrected chi connectivity index (χ1v) is 8.66. The third kappa shape index (κ3) is 5.73. The normalized spacial score (nSPS) is 10.3. The van der Waals surface area contributed by atoms with Crippen molar-refractivity contribution >= 4 is 35.1 Å². The van der Waals surface area contributed by atoms with Gasteiger partial charge in [-0.15, -0.1) is 11.8 Å². The topological polar surface area (TPSA) is 46.2 Å². The van der Waals surface area contributed by atoms with Gasteiger partial charge in [0.15, 0.2) is 5.78 Å². The van der Waals surface area contributed by atoms with Gasteiger partial charge in [0.2, 0.25) is 5.91 Å². The fourth-order valence-corrected chi connectivity index (χ4v) is 3.16. The monoisotopic (exact) mass is 347 g/mol. The van der Waals surface area contributed by atoms with Crippen molar-refractivity contribution in [3.63, 3.8) is 0 Å². The van der Waals surface area contributed by atoms with Crippen molar-refractivity contribution < 1.29 is 9.59 Å². The number of Topliss-reactive ketones (excluding diaryl/α,β-unsaturated/α-hetero) is 1. The van der Waals surface area contributed by atoms with E-state index in [4.69, 9.17) is 11.6 Å². The molecule has 2 aromatic rings. The number of halogens is 1. The predicted molar refractivity (Wildman–Crippen MR) is 95.3 cm³/mol. The minimum Gasteiger partial charge on any atom is -0.356 e. The highest BCUT2D eigenvalue weighted by molar-refractivity contribution is 8.00. The molecule has 0 atom stereocenters. The Hall–Kier alpha value is -1.78. The Kier molecular flexibility index (Phi) is 6.68. The summed E-state index contributed by atoms with van der Waals surface area (Å²) in [7, 11) is 0. The smallest absolute Gasteiger partial charge is 0.216 e. The van der Waals surface area contributed by atoms with Crippen molar-refractivity contribution in [1.29, 1.82) is 0 Å². The number of thioether (sulfide) groups is 1. The fraction of sp³-hybridized carbons (Fsp3) is 0.222. The van der Waals surface area contributed by atoms with Crippen LogP contribution in [0.15, 0.2) is 53.4 Å². The molecular weight excluding hydrogens is 330 g/mol. The van der Waals surface area contributed by atoms with Crippen LogP contribution in [0.5, 0.6) is 0 Å². The first kappa shape index (κ1) is 17.6. The third-order valence-corrected chi connectivity index (χ3v) is 4.77. The maximum atomic E-state index is 12.2. The van der Waals surface area contributed by atoms with Crippen molar-refractivity contribution in [3.8, 4) is 0 Å². The molecule has 0 spiro atoms. The molecule has 2 rings (SSSR count). The van der Waals surface area contributed by atoms with Crippen LogP contribution in [0.1, 0.15) is 22.8 Å². The highest BCUT2D eigenvalue weighted by Crippen LogP contribution is 2.27. The van der Waals surface area contributed by atoms with Gasteiger partial charge >= 0.3 is 0 Å². The summed E-state index contributed by atoms with van der Waals surface area (Å²) in [5, 5.41) is 3.42. The largest absolute Gasteiger partial charge is 0.356 e. The van der Waals surface area contributed by atoms with E-state index in [1.807, 2.05) is 48.5 Å². The molecule has 0 aromatic heterocycles. The molecule has 1 N–H and O–H groups in total. The second-order valence-corrected chi connectivity index (χ2v) is 6.50. The van der Waals surface area contributed by atoms with Crippen molar-refractivity contribution in [2.75, 3.05) is 12.3 Å². The number of carbonyl (C=O) groups is 2. The number of hydrogen-bond donors (Lipinski definition) is 1. The van der Waals surface area contributed by atoms with Gasteiger partial charge in [-0.25, -0.2) is 0 Å². The second-order valence-electron chi connectivity index (χ2n) is 5.07. The lowest BCUT2D eigenvalue weighted by molar-refractivity contribution is -0.118. The van der Waals surface area contributed by atoms with Gasteiger partial charge in [-0.1, -0.05) is 48.0 Å². The van der Waals surface area contributed by atoms with E-state index < -0.39 is 0 Å². The second kappa shape index (κ2) is 8.75. The molecule has 2 aromatic carbocycles. The van der Waals surface area contributed by atoms with Crippen LogP contribution in [0.2, 0.25) is 5.02 Å². The van der Waals surface area contributed by atoms with Gasteiger partial charge in [0.25, 0.3) is 0 Å². The molecule has 0 heterocycles. The number of ketones is 1. The molecule has 1 amide bonds. The molecule has 0 aliphatic rings. The average Bonchev–Trinajstić information content (AvgIpc) is 2.54. The molecule has 0 aliphatic carbocycles. The Morgan fingerprint density at radius 1 is 1.09 bits per heavy atom. The van der Waals surface area contributed by atoms with Crippen molar-refractivity contribution in [2.45, 2.75) is 18.2 Å². The number of hydrogen-bond acceptors (Lipinski definition) is 3. The number of carbonyl (C=O) groups excluding carboxylic acids is 2. The van der Waals surface area contributed by atoms with E-state index in [-0.39, 0.29) is 11.7 Å². The standard InChI is InChI=1S/C18H18ClNO2S/c1-13(21)20-11-10-14-6-8-15(9-7-14)17(22)12-23-18-5-3-2-4-16(18)19/h2-9H,10-12H2,1H3,(H,20,21). The summed E-state index contributed by atoms with van der Waals surface area (Å²) in [4.78, 5) is 24.0. The van der Waals surface area contributed by atoms with Crippen LogP contribution < -0.4 is 5.32 Å². The average molecular weight is 348 g/mol. The van der Waals surface area contributed by atoms with Crippen LogP contribution in [0.4, 0.5) is 0 Å². The fourth-order valence-electron chi connectivity index (χ4n) is 2.03. The minimum atomic E-state index is -0.0339. The Morgan fingerprint density at radius 3 is 2.43 bits per heavy atom. The SMILES string of the molecule is CC(=O)NCCc1ccc(C(=O)CSc2ccccc2Cl)cc1. The van der Waals surface area contributed by atoms with E-state index in [0.29, 0.717) is 22.9 Å².